The molecule has 6 heteroatoms. The molecular formula is C18H21N5O. The van der Waals surface area contributed by atoms with Crippen LogP contribution in [0.2, 0.25) is 0 Å². The number of nitrogens with one attached hydrogen (secondary N) is 1. The van der Waals surface area contributed by atoms with E-state index in [0.717, 1.165) is 37.0 Å². The molecule has 0 saturated carbocycles. The molecule has 124 valence electrons. The van der Waals surface area contributed by atoms with Gasteiger partial charge in [-0.2, -0.15) is 0 Å². The smallest absolute Gasteiger partial charge is 0.135 e. The van der Waals surface area contributed by atoms with Crippen LogP contribution in [0.15, 0.2) is 48.9 Å². The molecule has 3 heterocycles. The lowest BCUT2D eigenvalue weighted by molar-refractivity contribution is 0.00315. The Morgan fingerprint density at radius 1 is 1.25 bits per heavy atom. The van der Waals surface area contributed by atoms with E-state index in [2.05, 4.69) is 44.1 Å². The molecule has 3 aromatic rings. The minimum atomic E-state index is 0.134. The van der Waals surface area contributed by atoms with Gasteiger partial charge in [0.15, 0.2) is 0 Å². The molecule has 0 radical (unpaired) electrons. The normalized spacial score (nSPS) is 17.0. The molecule has 1 aliphatic rings. The molecule has 0 unspecified atom stereocenters. The average Bonchev–Trinajstić information content (AvgIpc) is 3.22. The summed E-state index contributed by atoms with van der Waals surface area (Å²) in [5, 5.41) is 3.44. The second-order valence-electron chi connectivity index (χ2n) is 6.05. The first-order chi connectivity index (χ1) is 11.8. The molecule has 0 aliphatic carbocycles. The third kappa shape index (κ3) is 2.98. The first kappa shape index (κ1) is 15.1. The molecule has 6 nitrogen and oxygen atoms in total. The molecule has 1 N–H and O–H groups in total. The van der Waals surface area contributed by atoms with E-state index in [4.69, 9.17) is 4.74 Å². The van der Waals surface area contributed by atoms with Gasteiger partial charge in [-0.3, -0.25) is 0 Å². The topological polar surface area (TPSA) is 56.9 Å². The van der Waals surface area contributed by atoms with Crippen LogP contribution in [0.5, 0.6) is 0 Å². The maximum atomic E-state index is 5.93. The highest BCUT2D eigenvalue weighted by Crippen LogP contribution is 2.24. The predicted molar refractivity (Wildman–Crippen MR) is 91.2 cm³/mol. The molecule has 4 rings (SSSR count). The first-order valence-electron chi connectivity index (χ1n) is 8.19. The fraction of sp³-hybridized carbons (Fsp3) is 0.333. The van der Waals surface area contributed by atoms with Crippen LogP contribution in [0.25, 0.3) is 11.3 Å². The summed E-state index contributed by atoms with van der Waals surface area (Å²) in [6.45, 7) is 2.90. The van der Waals surface area contributed by atoms with E-state index in [0.29, 0.717) is 6.61 Å². The Bertz CT molecular complexity index is 808. The maximum Gasteiger partial charge on any atom is 0.135 e. The van der Waals surface area contributed by atoms with Crippen LogP contribution in [0.3, 0.4) is 0 Å². The van der Waals surface area contributed by atoms with Gasteiger partial charge in [-0.1, -0.05) is 30.3 Å². The van der Waals surface area contributed by atoms with Gasteiger partial charge in [0.1, 0.15) is 18.3 Å². The highest BCUT2D eigenvalue weighted by molar-refractivity contribution is 5.59. The largest absolute Gasteiger partial charge is 0.367 e. The Hall–Kier alpha value is -2.44. The average molecular weight is 323 g/mol. The number of hydrogen-bond donors (Lipinski definition) is 1. The van der Waals surface area contributed by atoms with E-state index in [9.17, 15) is 0 Å². The van der Waals surface area contributed by atoms with Gasteiger partial charge in [0.2, 0.25) is 0 Å². The van der Waals surface area contributed by atoms with Gasteiger partial charge in [0.05, 0.1) is 31.1 Å². The number of aryl methyl sites for hydroxylation is 1. The Kier molecular flexibility index (Phi) is 4.15. The molecule has 0 amide bonds. The maximum absolute atomic E-state index is 5.93. The number of fused-ring (bicyclic) bond motifs is 1. The van der Waals surface area contributed by atoms with Gasteiger partial charge in [-0.25, -0.2) is 9.97 Å². The summed E-state index contributed by atoms with van der Waals surface area (Å²) in [6, 6.07) is 10.4. The number of benzene rings is 1. The third-order valence-electron chi connectivity index (χ3n) is 4.42. The number of imidazole rings is 2. The van der Waals surface area contributed by atoms with Crippen molar-refractivity contribution in [1.82, 2.24) is 24.4 Å². The van der Waals surface area contributed by atoms with Crippen LogP contribution in [0.4, 0.5) is 0 Å². The molecule has 0 bridgehead atoms. The second-order valence-corrected chi connectivity index (χ2v) is 6.05. The Labute approximate surface area is 141 Å². The molecule has 0 saturated heterocycles. The van der Waals surface area contributed by atoms with Crippen molar-refractivity contribution in [2.75, 3.05) is 6.54 Å². The summed E-state index contributed by atoms with van der Waals surface area (Å²) in [7, 11) is 2.00. The summed E-state index contributed by atoms with van der Waals surface area (Å²) >= 11 is 0. The fourth-order valence-corrected chi connectivity index (χ4v) is 3.06. The highest BCUT2D eigenvalue weighted by Gasteiger charge is 2.22. The molecule has 2 aromatic heterocycles. The summed E-state index contributed by atoms with van der Waals surface area (Å²) in [6.07, 6.45) is 5.85. The minimum absolute atomic E-state index is 0.134. The van der Waals surface area contributed by atoms with Crippen LogP contribution >= 0.6 is 0 Å². The van der Waals surface area contributed by atoms with Crippen LogP contribution < -0.4 is 5.32 Å². The van der Waals surface area contributed by atoms with E-state index >= 15 is 0 Å². The molecule has 0 fully saturated rings. The molecule has 0 spiro atoms. The number of ether oxygens (including phenoxy) is 1. The van der Waals surface area contributed by atoms with Crippen molar-refractivity contribution in [1.29, 1.82) is 0 Å². The van der Waals surface area contributed by atoms with Crippen molar-refractivity contribution in [3.8, 4) is 11.3 Å². The van der Waals surface area contributed by atoms with Crippen molar-refractivity contribution in [2.45, 2.75) is 25.8 Å². The van der Waals surface area contributed by atoms with Crippen molar-refractivity contribution in [2.24, 2.45) is 7.05 Å². The molecule has 1 aromatic carbocycles. The number of hydrogen-bond acceptors (Lipinski definition) is 4. The van der Waals surface area contributed by atoms with E-state index in [1.54, 1.807) is 0 Å². The van der Waals surface area contributed by atoms with Gasteiger partial charge in [-0.15, -0.1) is 0 Å². The van der Waals surface area contributed by atoms with Crippen LogP contribution in [-0.4, -0.2) is 31.8 Å². The van der Waals surface area contributed by atoms with E-state index in [-0.39, 0.29) is 6.10 Å². The van der Waals surface area contributed by atoms with E-state index < -0.39 is 0 Å². The van der Waals surface area contributed by atoms with E-state index in [1.807, 2.05) is 36.3 Å². The summed E-state index contributed by atoms with van der Waals surface area (Å²) < 4.78 is 10.2. The highest BCUT2D eigenvalue weighted by atomic mass is 16.5. The lowest BCUT2D eigenvalue weighted by atomic mass is 10.1. The lowest BCUT2D eigenvalue weighted by Crippen LogP contribution is -2.36. The standard InChI is InChI=1S/C18H21N5O/c1-22-8-7-20-17(22)11-19-9-15-12-23-16(10-21-18(23)13-24-15)14-5-3-2-4-6-14/h2-8,10,15,19H,9,11-13H2,1H3/t15-/m0/s1. The van der Waals surface area contributed by atoms with Crippen LogP contribution in [0.1, 0.15) is 11.6 Å². The minimum Gasteiger partial charge on any atom is -0.367 e. The van der Waals surface area contributed by atoms with Crippen LogP contribution in [0, 0.1) is 0 Å². The second kappa shape index (κ2) is 6.59. The zero-order chi connectivity index (χ0) is 16.4. The van der Waals surface area contributed by atoms with Gasteiger partial charge < -0.3 is 19.2 Å². The van der Waals surface area contributed by atoms with Gasteiger partial charge in [0.25, 0.3) is 0 Å². The lowest BCUT2D eigenvalue weighted by Gasteiger charge is -2.26. The van der Waals surface area contributed by atoms with E-state index in [1.165, 1.54) is 5.56 Å². The Morgan fingerprint density at radius 2 is 2.12 bits per heavy atom. The zero-order valence-corrected chi connectivity index (χ0v) is 13.7. The summed E-state index contributed by atoms with van der Waals surface area (Å²) in [4.78, 5) is 8.83. The van der Waals surface area contributed by atoms with Crippen molar-refractivity contribution in [3.05, 3.63) is 60.6 Å². The monoisotopic (exact) mass is 323 g/mol. The number of rotatable bonds is 5. The Balaban J connectivity index is 1.42. The van der Waals surface area contributed by atoms with Gasteiger partial charge >= 0.3 is 0 Å². The first-order valence-corrected chi connectivity index (χ1v) is 8.19. The fourth-order valence-electron chi connectivity index (χ4n) is 3.06. The van der Waals surface area contributed by atoms with Crippen molar-refractivity contribution >= 4 is 0 Å². The molecule has 24 heavy (non-hydrogen) atoms. The van der Waals surface area contributed by atoms with Gasteiger partial charge in [0, 0.05) is 26.0 Å². The zero-order valence-electron chi connectivity index (χ0n) is 13.7. The SMILES string of the molecule is Cn1ccnc1CNC[C@H]1Cn2c(-c3ccccc3)cnc2CO1. The van der Waals surface area contributed by atoms with Crippen molar-refractivity contribution in [3.63, 3.8) is 0 Å². The van der Waals surface area contributed by atoms with Crippen LogP contribution in [-0.2, 0) is 31.5 Å². The number of aromatic nitrogens is 4. The van der Waals surface area contributed by atoms with Gasteiger partial charge in [-0.05, 0) is 5.56 Å². The Morgan fingerprint density at radius 3 is 2.92 bits per heavy atom. The third-order valence-corrected chi connectivity index (χ3v) is 4.42. The quantitative estimate of drug-likeness (QED) is 0.780. The summed E-state index contributed by atoms with van der Waals surface area (Å²) in [5.41, 5.74) is 2.35. The molecule has 1 atom stereocenters. The summed E-state index contributed by atoms with van der Waals surface area (Å²) in [5.74, 6) is 2.02. The van der Waals surface area contributed by atoms with Crippen molar-refractivity contribution < 1.29 is 4.74 Å². The molecule has 1 aliphatic heterocycles. The molecular weight excluding hydrogens is 302 g/mol. The predicted octanol–water partition coefficient (Wildman–Crippen LogP) is 1.97. The number of nitrogens with zero attached hydrogens (tertiary/aromatic N) is 4.